The highest BCUT2D eigenvalue weighted by molar-refractivity contribution is 6.01. The van der Waals surface area contributed by atoms with Crippen LogP contribution in [0.1, 0.15) is 22.6 Å². The molecule has 0 fully saturated rings. The highest BCUT2D eigenvalue weighted by atomic mass is 16.4. The minimum Gasteiger partial charge on any atom is -0.411 e. The van der Waals surface area contributed by atoms with Gasteiger partial charge in [0.15, 0.2) is 0 Å². The maximum Gasteiger partial charge on any atom is 0.0733 e. The van der Waals surface area contributed by atoms with Crippen molar-refractivity contribution in [3.8, 4) is 11.1 Å². The van der Waals surface area contributed by atoms with E-state index in [1.165, 1.54) is 22.3 Å². The molecular weight excluding hydrogens is 284 g/mol. The highest BCUT2D eigenvalue weighted by Crippen LogP contribution is 2.45. The van der Waals surface area contributed by atoms with Gasteiger partial charge in [-0.3, -0.25) is 4.98 Å². The Hall–Kier alpha value is -2.94. The second-order valence-electron chi connectivity index (χ2n) is 5.73. The topological polar surface area (TPSA) is 45.5 Å². The van der Waals surface area contributed by atoms with Gasteiger partial charge in [0.25, 0.3) is 0 Å². The molecule has 3 aromatic rings. The molecular formula is C20H16N2O. The lowest BCUT2D eigenvalue weighted by Crippen LogP contribution is -2.15. The predicted octanol–water partition coefficient (Wildman–Crippen LogP) is 4.27. The highest BCUT2D eigenvalue weighted by Gasteiger charge is 2.32. The lowest BCUT2D eigenvalue weighted by Gasteiger charge is -2.15. The van der Waals surface area contributed by atoms with Crippen molar-refractivity contribution in [1.29, 1.82) is 0 Å². The first-order chi connectivity index (χ1) is 11.4. The van der Waals surface area contributed by atoms with Crippen molar-refractivity contribution >= 4 is 5.71 Å². The van der Waals surface area contributed by atoms with Crippen LogP contribution >= 0.6 is 0 Å². The van der Waals surface area contributed by atoms with Crippen molar-refractivity contribution in [3.63, 3.8) is 0 Å². The number of oxime groups is 1. The maximum absolute atomic E-state index is 9.67. The smallest absolute Gasteiger partial charge is 0.0733 e. The molecule has 0 bridgehead atoms. The van der Waals surface area contributed by atoms with Crippen LogP contribution in [0.25, 0.3) is 11.1 Å². The molecule has 112 valence electrons. The molecule has 1 N–H and O–H groups in total. The number of hydrogen-bond donors (Lipinski definition) is 1. The molecule has 2 aromatic carbocycles. The van der Waals surface area contributed by atoms with Gasteiger partial charge in [-0.05, 0) is 39.9 Å². The normalized spacial score (nSPS) is 13.7. The molecule has 23 heavy (non-hydrogen) atoms. The van der Waals surface area contributed by atoms with Gasteiger partial charge < -0.3 is 5.21 Å². The van der Waals surface area contributed by atoms with Crippen molar-refractivity contribution in [2.75, 3.05) is 0 Å². The number of benzene rings is 2. The molecule has 4 rings (SSSR count). The zero-order chi connectivity index (χ0) is 15.6. The summed E-state index contributed by atoms with van der Waals surface area (Å²) in [5.74, 6) is 0.000523. The summed E-state index contributed by atoms with van der Waals surface area (Å²) in [5, 5.41) is 13.3. The van der Waals surface area contributed by atoms with E-state index in [0.717, 1.165) is 11.3 Å². The summed E-state index contributed by atoms with van der Waals surface area (Å²) < 4.78 is 0. The van der Waals surface area contributed by atoms with Crippen molar-refractivity contribution < 1.29 is 5.21 Å². The summed E-state index contributed by atoms with van der Waals surface area (Å²) in [4.78, 5) is 4.05. The number of rotatable bonds is 3. The van der Waals surface area contributed by atoms with Crippen LogP contribution in [-0.2, 0) is 6.42 Å². The van der Waals surface area contributed by atoms with Gasteiger partial charge in [0.05, 0.1) is 11.6 Å². The summed E-state index contributed by atoms with van der Waals surface area (Å²) in [7, 11) is 0. The first kappa shape index (κ1) is 13.7. The van der Waals surface area contributed by atoms with Crippen LogP contribution in [0.2, 0.25) is 0 Å². The van der Waals surface area contributed by atoms with Gasteiger partial charge >= 0.3 is 0 Å². The summed E-state index contributed by atoms with van der Waals surface area (Å²) in [6.45, 7) is 0. The molecule has 3 nitrogen and oxygen atoms in total. The van der Waals surface area contributed by atoms with Crippen molar-refractivity contribution in [2.24, 2.45) is 5.16 Å². The van der Waals surface area contributed by atoms with Crippen LogP contribution in [0.3, 0.4) is 0 Å². The van der Waals surface area contributed by atoms with Crippen LogP contribution in [-0.4, -0.2) is 15.9 Å². The van der Waals surface area contributed by atoms with Gasteiger partial charge in [0.1, 0.15) is 0 Å². The van der Waals surface area contributed by atoms with E-state index in [1.807, 2.05) is 24.3 Å². The lowest BCUT2D eigenvalue weighted by atomic mass is 9.89. The zero-order valence-electron chi connectivity index (χ0n) is 12.6. The Labute approximate surface area is 134 Å². The van der Waals surface area contributed by atoms with E-state index in [-0.39, 0.29) is 5.92 Å². The zero-order valence-corrected chi connectivity index (χ0v) is 12.6. The van der Waals surface area contributed by atoms with Crippen LogP contribution < -0.4 is 0 Å². The number of nitrogens with zero attached hydrogens (tertiary/aromatic N) is 2. The average molecular weight is 300 g/mol. The summed E-state index contributed by atoms with van der Waals surface area (Å²) in [6.07, 6.45) is 4.13. The Morgan fingerprint density at radius 3 is 2.00 bits per heavy atom. The molecule has 1 aliphatic carbocycles. The van der Waals surface area contributed by atoms with Gasteiger partial charge in [-0.1, -0.05) is 53.7 Å². The van der Waals surface area contributed by atoms with Crippen LogP contribution in [0.15, 0.2) is 78.2 Å². The molecule has 0 saturated carbocycles. The first-order valence-electron chi connectivity index (χ1n) is 7.66. The molecule has 0 radical (unpaired) electrons. The van der Waals surface area contributed by atoms with Crippen LogP contribution in [0, 0.1) is 0 Å². The first-order valence-corrected chi connectivity index (χ1v) is 7.66. The summed E-state index contributed by atoms with van der Waals surface area (Å²) >= 11 is 0. The van der Waals surface area contributed by atoms with Crippen molar-refractivity contribution in [3.05, 3.63) is 89.7 Å². The fourth-order valence-corrected chi connectivity index (χ4v) is 3.42. The summed E-state index contributed by atoms with van der Waals surface area (Å²) in [5.41, 5.74) is 6.71. The minimum atomic E-state index is 0.000523. The van der Waals surface area contributed by atoms with Crippen LogP contribution in [0.5, 0.6) is 0 Å². The number of pyridine rings is 1. The summed E-state index contributed by atoms with van der Waals surface area (Å²) in [6, 6.07) is 20.6. The van der Waals surface area contributed by atoms with Crippen LogP contribution in [0.4, 0.5) is 0 Å². The van der Waals surface area contributed by atoms with E-state index in [2.05, 4.69) is 46.5 Å². The molecule has 0 amide bonds. The maximum atomic E-state index is 9.67. The third-order valence-electron chi connectivity index (χ3n) is 4.43. The van der Waals surface area contributed by atoms with E-state index in [1.54, 1.807) is 12.4 Å². The van der Waals surface area contributed by atoms with E-state index >= 15 is 0 Å². The standard InChI is InChI=1S/C20H16N2O/c23-22-19(13-14-9-11-21-12-10-14)20-17-7-3-1-5-15(17)16-6-2-4-8-18(16)20/h1-12,20,23H,13H2. The SMILES string of the molecule is ON=C(Cc1ccncc1)C1c2ccccc2-c2ccccc21. The molecule has 0 spiro atoms. The average Bonchev–Trinajstić information content (AvgIpc) is 2.95. The number of aromatic nitrogens is 1. The Balaban J connectivity index is 1.81. The molecule has 1 heterocycles. The van der Waals surface area contributed by atoms with E-state index in [4.69, 9.17) is 0 Å². The number of fused-ring (bicyclic) bond motifs is 3. The van der Waals surface area contributed by atoms with Gasteiger partial charge in [0, 0.05) is 18.8 Å². The Bertz CT molecular complexity index is 826. The quantitative estimate of drug-likeness (QED) is 0.446. The fourth-order valence-electron chi connectivity index (χ4n) is 3.42. The van der Waals surface area contributed by atoms with E-state index in [0.29, 0.717) is 6.42 Å². The van der Waals surface area contributed by atoms with Crippen molar-refractivity contribution in [2.45, 2.75) is 12.3 Å². The fraction of sp³-hybridized carbons (Fsp3) is 0.100. The van der Waals surface area contributed by atoms with E-state index in [9.17, 15) is 5.21 Å². The van der Waals surface area contributed by atoms with Gasteiger partial charge in [-0.25, -0.2) is 0 Å². The van der Waals surface area contributed by atoms with Crippen molar-refractivity contribution in [1.82, 2.24) is 4.98 Å². The molecule has 3 heteroatoms. The Kier molecular flexibility index (Phi) is 3.39. The molecule has 1 aliphatic rings. The molecule has 0 unspecified atom stereocenters. The molecule has 0 atom stereocenters. The molecule has 0 saturated heterocycles. The largest absolute Gasteiger partial charge is 0.411 e. The van der Waals surface area contributed by atoms with E-state index < -0.39 is 0 Å². The van der Waals surface area contributed by atoms with Gasteiger partial charge in [0.2, 0.25) is 0 Å². The Morgan fingerprint density at radius 2 is 1.43 bits per heavy atom. The second kappa shape index (κ2) is 5.69. The second-order valence-corrected chi connectivity index (χ2v) is 5.73. The lowest BCUT2D eigenvalue weighted by molar-refractivity contribution is 0.316. The van der Waals surface area contributed by atoms with Gasteiger partial charge in [-0.15, -0.1) is 0 Å². The monoisotopic (exact) mass is 300 g/mol. The van der Waals surface area contributed by atoms with Gasteiger partial charge in [-0.2, -0.15) is 0 Å². The minimum absolute atomic E-state index is 0.000523. The third-order valence-corrected chi connectivity index (χ3v) is 4.43. The third kappa shape index (κ3) is 2.30. The Morgan fingerprint density at radius 1 is 0.870 bits per heavy atom. The number of hydrogen-bond acceptors (Lipinski definition) is 3. The molecule has 1 aromatic heterocycles. The molecule has 0 aliphatic heterocycles. The predicted molar refractivity (Wildman–Crippen MR) is 90.9 cm³/mol.